The number of hydrogen-bond acceptors (Lipinski definition) is 6. The normalized spacial score (nSPS) is 14.6. The molecule has 0 saturated heterocycles. The zero-order valence-electron chi connectivity index (χ0n) is 17.4. The van der Waals surface area contributed by atoms with Gasteiger partial charge < -0.3 is 19.1 Å². The van der Waals surface area contributed by atoms with Crippen molar-refractivity contribution >= 4 is 11.9 Å². The molecule has 6 heteroatoms. The molecule has 0 spiro atoms. The number of carbonyl (C=O) groups is 2. The lowest BCUT2D eigenvalue weighted by Gasteiger charge is -2.31. The van der Waals surface area contributed by atoms with Crippen LogP contribution in [0.1, 0.15) is 39.2 Å². The Labute approximate surface area is 166 Å². The van der Waals surface area contributed by atoms with Crippen LogP contribution in [-0.4, -0.2) is 43.7 Å². The fraction of sp³-hybridized carbons (Fsp3) is 0.455. The minimum Gasteiger partial charge on any atom is -0.491 e. The predicted octanol–water partition coefficient (Wildman–Crippen LogP) is 3.64. The van der Waals surface area contributed by atoms with Crippen molar-refractivity contribution in [3.05, 3.63) is 53.4 Å². The number of methoxy groups -OCH3 is 2. The van der Waals surface area contributed by atoms with E-state index in [1.807, 2.05) is 43.0 Å². The Morgan fingerprint density at radius 1 is 0.964 bits per heavy atom. The van der Waals surface area contributed by atoms with E-state index in [0.29, 0.717) is 34.9 Å². The van der Waals surface area contributed by atoms with Crippen molar-refractivity contribution in [2.24, 2.45) is 5.92 Å². The molecule has 0 aliphatic carbocycles. The Morgan fingerprint density at radius 2 is 1.50 bits per heavy atom. The van der Waals surface area contributed by atoms with E-state index in [-0.39, 0.29) is 6.10 Å². The molecule has 0 saturated carbocycles. The number of rotatable bonds is 7. The molecule has 1 aliphatic rings. The first-order valence-electron chi connectivity index (χ1n) is 9.39. The molecule has 2 rings (SSSR count). The third-order valence-corrected chi connectivity index (χ3v) is 4.24. The average molecular weight is 387 g/mol. The Bertz CT molecular complexity index is 745. The minimum atomic E-state index is -0.640. The monoisotopic (exact) mass is 387 g/mol. The van der Waals surface area contributed by atoms with Crippen LogP contribution in [0.15, 0.2) is 47.8 Å². The van der Waals surface area contributed by atoms with Gasteiger partial charge in [-0.2, -0.15) is 0 Å². The van der Waals surface area contributed by atoms with Crippen molar-refractivity contribution in [1.82, 2.24) is 4.90 Å². The standard InChI is InChI=1S/C22H29NO5/c1-14(2)11-23-12-17(21(24)26-5)20(18(13-23)22(25)27-6)16-9-7-8-10-19(16)28-15(3)4/h7-10,12-15,20H,11H2,1-6H3. The second-order valence-corrected chi connectivity index (χ2v) is 7.38. The fourth-order valence-electron chi connectivity index (χ4n) is 3.23. The summed E-state index contributed by atoms with van der Waals surface area (Å²) in [6, 6.07) is 7.40. The number of benzene rings is 1. The van der Waals surface area contributed by atoms with E-state index in [4.69, 9.17) is 14.2 Å². The summed E-state index contributed by atoms with van der Waals surface area (Å²) in [6.07, 6.45) is 3.43. The topological polar surface area (TPSA) is 65.1 Å². The molecule has 0 amide bonds. The van der Waals surface area contributed by atoms with Crippen LogP contribution in [0, 0.1) is 5.92 Å². The van der Waals surface area contributed by atoms with E-state index in [2.05, 4.69) is 13.8 Å². The zero-order valence-corrected chi connectivity index (χ0v) is 17.4. The molecule has 1 aliphatic heterocycles. The molecule has 1 heterocycles. The third-order valence-electron chi connectivity index (χ3n) is 4.24. The summed E-state index contributed by atoms with van der Waals surface area (Å²) in [5, 5.41) is 0. The van der Waals surface area contributed by atoms with Gasteiger partial charge in [0.15, 0.2) is 0 Å². The van der Waals surface area contributed by atoms with Crippen molar-refractivity contribution < 1.29 is 23.8 Å². The second-order valence-electron chi connectivity index (χ2n) is 7.38. The van der Waals surface area contributed by atoms with E-state index in [0.717, 1.165) is 0 Å². The van der Waals surface area contributed by atoms with Crippen molar-refractivity contribution in [1.29, 1.82) is 0 Å². The molecular weight excluding hydrogens is 358 g/mol. The highest BCUT2D eigenvalue weighted by atomic mass is 16.5. The van der Waals surface area contributed by atoms with E-state index in [9.17, 15) is 9.59 Å². The summed E-state index contributed by atoms with van der Waals surface area (Å²) >= 11 is 0. The third kappa shape index (κ3) is 4.94. The molecule has 0 atom stereocenters. The molecule has 0 unspecified atom stereocenters. The second kappa shape index (κ2) is 9.44. The molecule has 0 fully saturated rings. The van der Waals surface area contributed by atoms with E-state index < -0.39 is 17.9 Å². The van der Waals surface area contributed by atoms with Crippen LogP contribution in [0.3, 0.4) is 0 Å². The van der Waals surface area contributed by atoms with Crippen molar-refractivity contribution in [3.8, 4) is 5.75 Å². The summed E-state index contributed by atoms with van der Waals surface area (Å²) in [7, 11) is 2.67. The highest BCUT2D eigenvalue weighted by molar-refractivity contribution is 5.98. The van der Waals surface area contributed by atoms with Crippen molar-refractivity contribution in [3.63, 3.8) is 0 Å². The number of hydrogen-bond donors (Lipinski definition) is 0. The molecule has 1 aromatic rings. The van der Waals surface area contributed by atoms with Gasteiger partial charge in [-0.05, 0) is 25.8 Å². The summed E-state index contributed by atoms with van der Waals surface area (Å²) in [6.45, 7) is 8.63. The highest BCUT2D eigenvalue weighted by Crippen LogP contribution is 2.41. The maximum atomic E-state index is 12.6. The first kappa shape index (κ1) is 21.5. The summed E-state index contributed by atoms with van der Waals surface area (Å²) in [4.78, 5) is 27.1. The van der Waals surface area contributed by atoms with Crippen LogP contribution >= 0.6 is 0 Å². The number of nitrogens with zero attached hydrogens (tertiary/aromatic N) is 1. The Morgan fingerprint density at radius 3 is 1.96 bits per heavy atom. The molecule has 6 nitrogen and oxygen atoms in total. The predicted molar refractivity (Wildman–Crippen MR) is 107 cm³/mol. The SMILES string of the molecule is COC(=O)C1=CN(CC(C)C)C=C(C(=O)OC)C1c1ccccc1OC(C)C. The zero-order chi connectivity index (χ0) is 20.8. The Kier molecular flexibility index (Phi) is 7.26. The first-order valence-corrected chi connectivity index (χ1v) is 9.39. The van der Waals surface area contributed by atoms with Gasteiger partial charge in [-0.1, -0.05) is 32.0 Å². The van der Waals surface area contributed by atoms with Crippen LogP contribution in [0.2, 0.25) is 0 Å². The average Bonchev–Trinajstić information content (AvgIpc) is 2.65. The maximum Gasteiger partial charge on any atom is 0.336 e. The van der Waals surface area contributed by atoms with Gasteiger partial charge in [0.2, 0.25) is 0 Å². The van der Waals surface area contributed by atoms with Crippen LogP contribution in [-0.2, 0) is 19.1 Å². The van der Waals surface area contributed by atoms with E-state index in [1.54, 1.807) is 12.4 Å². The van der Waals surface area contributed by atoms with Gasteiger partial charge >= 0.3 is 11.9 Å². The lowest BCUT2D eigenvalue weighted by atomic mass is 9.82. The molecule has 1 aromatic carbocycles. The number of para-hydroxylation sites is 1. The fourth-order valence-corrected chi connectivity index (χ4v) is 3.23. The molecule has 0 aromatic heterocycles. The van der Waals surface area contributed by atoms with Crippen LogP contribution in [0.5, 0.6) is 5.75 Å². The molecule has 152 valence electrons. The molecular formula is C22H29NO5. The summed E-state index contributed by atoms with van der Waals surface area (Å²) < 4.78 is 16.0. The van der Waals surface area contributed by atoms with Gasteiger partial charge in [0, 0.05) is 24.5 Å². The molecule has 0 bridgehead atoms. The smallest absolute Gasteiger partial charge is 0.336 e. The lowest BCUT2D eigenvalue weighted by molar-refractivity contribution is -0.137. The number of carbonyl (C=O) groups excluding carboxylic acids is 2. The van der Waals surface area contributed by atoms with E-state index in [1.165, 1.54) is 14.2 Å². The highest BCUT2D eigenvalue weighted by Gasteiger charge is 2.36. The van der Waals surface area contributed by atoms with Crippen LogP contribution in [0.25, 0.3) is 0 Å². The van der Waals surface area contributed by atoms with Crippen molar-refractivity contribution in [2.75, 3.05) is 20.8 Å². The van der Waals surface area contributed by atoms with Gasteiger partial charge in [0.05, 0.1) is 37.4 Å². The lowest BCUT2D eigenvalue weighted by Crippen LogP contribution is -2.30. The molecule has 0 radical (unpaired) electrons. The minimum absolute atomic E-state index is 0.0571. The largest absolute Gasteiger partial charge is 0.491 e. The van der Waals surface area contributed by atoms with E-state index >= 15 is 0 Å². The Balaban J connectivity index is 2.64. The number of ether oxygens (including phenoxy) is 3. The van der Waals surface area contributed by atoms with Crippen LogP contribution in [0.4, 0.5) is 0 Å². The van der Waals surface area contributed by atoms with Crippen LogP contribution < -0.4 is 4.74 Å². The first-order chi connectivity index (χ1) is 13.3. The van der Waals surface area contributed by atoms with Gasteiger partial charge in [0.25, 0.3) is 0 Å². The van der Waals surface area contributed by atoms with Gasteiger partial charge in [-0.25, -0.2) is 9.59 Å². The Hall–Kier alpha value is -2.76. The summed E-state index contributed by atoms with van der Waals surface area (Å²) in [5.41, 5.74) is 1.45. The van der Waals surface area contributed by atoms with Gasteiger partial charge in [-0.15, -0.1) is 0 Å². The molecule has 28 heavy (non-hydrogen) atoms. The maximum absolute atomic E-state index is 12.6. The molecule has 0 N–H and O–H groups in total. The van der Waals surface area contributed by atoms with Gasteiger partial charge in [-0.3, -0.25) is 0 Å². The quantitative estimate of drug-likeness (QED) is 0.666. The van der Waals surface area contributed by atoms with Crippen molar-refractivity contribution in [2.45, 2.75) is 39.7 Å². The number of esters is 2. The van der Waals surface area contributed by atoms with Gasteiger partial charge in [0.1, 0.15) is 5.75 Å². The summed E-state index contributed by atoms with van der Waals surface area (Å²) in [5.74, 6) is -0.679.